The number of rotatable bonds is 5. The van der Waals surface area contributed by atoms with Crippen LogP contribution >= 0.6 is 0 Å². The smallest absolute Gasteiger partial charge is 0.258 e. The zero-order valence-corrected chi connectivity index (χ0v) is 12.4. The van der Waals surface area contributed by atoms with Crippen LogP contribution in [0.2, 0.25) is 0 Å². The van der Waals surface area contributed by atoms with Crippen LogP contribution in [0.25, 0.3) is 11.5 Å². The molecule has 1 aromatic heterocycles. The lowest BCUT2D eigenvalue weighted by Crippen LogP contribution is -1.97. The number of hydrogen-bond donors (Lipinski definition) is 0. The molecule has 5 nitrogen and oxygen atoms in total. The first-order valence-corrected chi connectivity index (χ1v) is 6.91. The molecule has 0 atom stereocenters. The molecule has 112 valence electrons. The molecule has 22 heavy (non-hydrogen) atoms. The van der Waals surface area contributed by atoms with Gasteiger partial charge in [0.1, 0.15) is 11.5 Å². The Hall–Kier alpha value is -2.82. The van der Waals surface area contributed by atoms with Crippen molar-refractivity contribution >= 4 is 0 Å². The highest BCUT2D eigenvalue weighted by Gasteiger charge is 2.11. The van der Waals surface area contributed by atoms with Crippen LogP contribution in [-0.4, -0.2) is 17.3 Å². The zero-order chi connectivity index (χ0) is 15.4. The van der Waals surface area contributed by atoms with Crippen molar-refractivity contribution in [2.45, 2.75) is 13.5 Å². The summed E-state index contributed by atoms with van der Waals surface area (Å²) in [6.07, 6.45) is 0. The Morgan fingerprint density at radius 1 is 1.00 bits per heavy atom. The summed E-state index contributed by atoms with van der Waals surface area (Å²) in [5.41, 5.74) is 2.03. The van der Waals surface area contributed by atoms with E-state index in [9.17, 15) is 0 Å². The number of benzene rings is 2. The first-order chi connectivity index (χ1) is 10.8. The fourth-order valence-electron chi connectivity index (χ4n) is 2.05. The number of ether oxygens (including phenoxy) is 2. The zero-order valence-electron chi connectivity index (χ0n) is 12.4. The van der Waals surface area contributed by atoms with Crippen LogP contribution in [0.15, 0.2) is 53.1 Å². The van der Waals surface area contributed by atoms with Crippen molar-refractivity contribution in [2.75, 3.05) is 7.11 Å². The lowest BCUT2D eigenvalue weighted by Gasteiger charge is -2.04. The second-order valence-corrected chi connectivity index (χ2v) is 4.79. The Morgan fingerprint density at radius 3 is 2.45 bits per heavy atom. The summed E-state index contributed by atoms with van der Waals surface area (Å²) in [6, 6.07) is 15.2. The second-order valence-electron chi connectivity index (χ2n) is 4.79. The molecule has 0 radical (unpaired) electrons. The Morgan fingerprint density at radius 2 is 1.73 bits per heavy atom. The topological polar surface area (TPSA) is 57.4 Å². The molecule has 1 heterocycles. The Kier molecular flexibility index (Phi) is 4.05. The predicted molar refractivity (Wildman–Crippen MR) is 81.8 cm³/mol. The molecule has 0 bridgehead atoms. The molecule has 0 aliphatic carbocycles. The third-order valence-electron chi connectivity index (χ3n) is 3.27. The summed E-state index contributed by atoms with van der Waals surface area (Å²) in [7, 11) is 1.63. The van der Waals surface area contributed by atoms with Crippen LogP contribution in [0.1, 0.15) is 11.4 Å². The maximum atomic E-state index is 5.63. The lowest BCUT2D eigenvalue weighted by molar-refractivity contribution is 0.286. The second kappa shape index (κ2) is 6.30. The fraction of sp³-hybridized carbons (Fsp3) is 0.176. The summed E-state index contributed by atoms with van der Waals surface area (Å²) in [5, 5.41) is 3.95. The van der Waals surface area contributed by atoms with Gasteiger partial charge < -0.3 is 14.0 Å². The highest BCUT2D eigenvalue weighted by atomic mass is 16.5. The van der Waals surface area contributed by atoms with Gasteiger partial charge in [0.15, 0.2) is 6.61 Å². The third-order valence-corrected chi connectivity index (χ3v) is 3.27. The molecule has 0 spiro atoms. The minimum Gasteiger partial charge on any atom is -0.497 e. The molecule has 0 N–H and O–H groups in total. The van der Waals surface area contributed by atoms with E-state index < -0.39 is 0 Å². The van der Waals surface area contributed by atoms with Gasteiger partial charge in [-0.15, -0.1) is 0 Å². The van der Waals surface area contributed by atoms with Crippen LogP contribution in [0.3, 0.4) is 0 Å². The van der Waals surface area contributed by atoms with Gasteiger partial charge in [0.2, 0.25) is 5.82 Å². The van der Waals surface area contributed by atoms with Gasteiger partial charge in [0.25, 0.3) is 5.89 Å². The van der Waals surface area contributed by atoms with Crippen LogP contribution in [0.5, 0.6) is 11.5 Å². The van der Waals surface area contributed by atoms with Crippen molar-refractivity contribution in [1.29, 1.82) is 0 Å². The van der Waals surface area contributed by atoms with Crippen LogP contribution < -0.4 is 9.47 Å². The largest absolute Gasteiger partial charge is 0.497 e. The van der Waals surface area contributed by atoms with Gasteiger partial charge in [0, 0.05) is 5.56 Å². The molecule has 0 aliphatic rings. The maximum Gasteiger partial charge on any atom is 0.258 e. The molecule has 0 saturated heterocycles. The van der Waals surface area contributed by atoms with Crippen LogP contribution in [-0.2, 0) is 6.61 Å². The van der Waals surface area contributed by atoms with E-state index in [1.807, 2.05) is 55.5 Å². The van der Waals surface area contributed by atoms with Crippen LogP contribution in [0, 0.1) is 6.92 Å². The van der Waals surface area contributed by atoms with E-state index in [1.165, 1.54) is 0 Å². The molecule has 3 aromatic rings. The number of methoxy groups -OCH3 is 1. The molecule has 2 aromatic carbocycles. The van der Waals surface area contributed by atoms with E-state index in [1.54, 1.807) is 7.11 Å². The number of nitrogens with zero attached hydrogens (tertiary/aromatic N) is 2. The average molecular weight is 296 g/mol. The summed E-state index contributed by atoms with van der Waals surface area (Å²) >= 11 is 0. The van der Waals surface area contributed by atoms with Gasteiger partial charge in [-0.25, -0.2) is 0 Å². The van der Waals surface area contributed by atoms with E-state index in [0.29, 0.717) is 11.7 Å². The SMILES string of the molecule is COc1ccc(OCc2noc(-c3ccccc3C)n2)cc1. The minimum atomic E-state index is 0.252. The number of aryl methyl sites for hydroxylation is 1. The van der Waals surface area contributed by atoms with Crippen molar-refractivity contribution in [2.24, 2.45) is 0 Å². The van der Waals surface area contributed by atoms with Gasteiger partial charge in [-0.05, 0) is 42.8 Å². The monoisotopic (exact) mass is 296 g/mol. The fourth-order valence-corrected chi connectivity index (χ4v) is 2.05. The molecule has 5 heteroatoms. The molecule has 0 saturated carbocycles. The lowest BCUT2D eigenvalue weighted by atomic mass is 10.1. The van der Waals surface area contributed by atoms with E-state index in [0.717, 1.165) is 22.6 Å². The first-order valence-electron chi connectivity index (χ1n) is 6.91. The van der Waals surface area contributed by atoms with Crippen molar-refractivity contribution in [3.05, 3.63) is 59.9 Å². The van der Waals surface area contributed by atoms with Gasteiger partial charge in [-0.2, -0.15) is 4.98 Å². The van der Waals surface area contributed by atoms with Crippen molar-refractivity contribution in [3.8, 4) is 23.0 Å². The summed E-state index contributed by atoms with van der Waals surface area (Å²) in [4.78, 5) is 4.36. The number of aromatic nitrogens is 2. The summed E-state index contributed by atoms with van der Waals surface area (Å²) < 4.78 is 16.0. The summed E-state index contributed by atoms with van der Waals surface area (Å²) in [6.45, 7) is 2.26. The quantitative estimate of drug-likeness (QED) is 0.719. The van der Waals surface area contributed by atoms with Gasteiger partial charge in [-0.1, -0.05) is 23.4 Å². The minimum absolute atomic E-state index is 0.252. The predicted octanol–water partition coefficient (Wildman–Crippen LogP) is 3.63. The Bertz CT molecular complexity index is 751. The Labute approximate surface area is 128 Å². The molecule has 0 amide bonds. The summed E-state index contributed by atoms with van der Waals surface area (Å²) in [5.74, 6) is 2.53. The molecular formula is C17H16N2O3. The van der Waals surface area contributed by atoms with E-state index in [-0.39, 0.29) is 6.61 Å². The van der Waals surface area contributed by atoms with Crippen molar-refractivity contribution < 1.29 is 14.0 Å². The molecule has 0 aliphatic heterocycles. The molecular weight excluding hydrogens is 280 g/mol. The van der Waals surface area contributed by atoms with Gasteiger partial charge in [0.05, 0.1) is 7.11 Å². The molecule has 0 unspecified atom stereocenters. The van der Waals surface area contributed by atoms with Crippen LogP contribution in [0.4, 0.5) is 0 Å². The highest BCUT2D eigenvalue weighted by Crippen LogP contribution is 2.22. The molecule has 0 fully saturated rings. The van der Waals surface area contributed by atoms with Crippen molar-refractivity contribution in [3.63, 3.8) is 0 Å². The first kappa shape index (κ1) is 14.1. The van der Waals surface area contributed by atoms with E-state index in [4.69, 9.17) is 14.0 Å². The Balaban J connectivity index is 1.68. The molecule has 3 rings (SSSR count). The highest BCUT2D eigenvalue weighted by molar-refractivity contribution is 5.57. The van der Waals surface area contributed by atoms with E-state index >= 15 is 0 Å². The third kappa shape index (κ3) is 3.09. The van der Waals surface area contributed by atoms with E-state index in [2.05, 4.69) is 10.1 Å². The van der Waals surface area contributed by atoms with Gasteiger partial charge in [-0.3, -0.25) is 0 Å². The maximum absolute atomic E-state index is 5.63. The standard InChI is InChI=1S/C17H16N2O3/c1-12-5-3-4-6-15(12)17-18-16(19-22-17)11-21-14-9-7-13(20-2)8-10-14/h3-10H,11H2,1-2H3. The average Bonchev–Trinajstić information content (AvgIpc) is 3.02. The number of hydrogen-bond acceptors (Lipinski definition) is 5. The normalized spacial score (nSPS) is 10.5. The van der Waals surface area contributed by atoms with Crippen molar-refractivity contribution in [1.82, 2.24) is 10.1 Å². The van der Waals surface area contributed by atoms with Gasteiger partial charge >= 0.3 is 0 Å².